The summed E-state index contributed by atoms with van der Waals surface area (Å²) in [6.45, 7) is 4.06. The number of aliphatic hydroxyl groups excluding tert-OH is 1. The minimum absolute atomic E-state index is 0.0194. The van der Waals surface area contributed by atoms with E-state index in [1.807, 2.05) is 0 Å². The van der Waals surface area contributed by atoms with Crippen LogP contribution in [0.15, 0.2) is 24.3 Å². The lowest BCUT2D eigenvalue weighted by molar-refractivity contribution is -0.116. The van der Waals surface area contributed by atoms with E-state index in [4.69, 9.17) is 5.11 Å². The van der Waals surface area contributed by atoms with E-state index in [0.29, 0.717) is 12.1 Å². The van der Waals surface area contributed by atoms with Crippen molar-refractivity contribution in [2.24, 2.45) is 0 Å². The van der Waals surface area contributed by atoms with Crippen LogP contribution in [-0.2, 0) is 4.79 Å². The van der Waals surface area contributed by atoms with Gasteiger partial charge in [0, 0.05) is 24.7 Å². The number of hydrogen-bond acceptors (Lipinski definition) is 3. The molecule has 0 aromatic heterocycles. The Labute approximate surface area is 184 Å². The highest BCUT2D eigenvalue weighted by molar-refractivity contribution is 5.98. The lowest BCUT2D eigenvalue weighted by atomic mass is 10.0. The molecule has 1 N–H and O–H groups in total. The van der Waals surface area contributed by atoms with Crippen LogP contribution in [0.2, 0.25) is 0 Å². The van der Waals surface area contributed by atoms with Crippen molar-refractivity contribution in [1.29, 1.82) is 0 Å². The number of ketones is 1. The van der Waals surface area contributed by atoms with Crippen LogP contribution in [0.1, 0.15) is 114 Å². The number of carbonyl (C=O) groups excluding carboxylic acids is 2. The second-order valence-electron chi connectivity index (χ2n) is 8.40. The highest BCUT2D eigenvalue weighted by Crippen LogP contribution is 2.18. The molecule has 30 heavy (non-hydrogen) atoms. The van der Waals surface area contributed by atoms with Crippen molar-refractivity contribution < 1.29 is 14.7 Å². The van der Waals surface area contributed by atoms with Gasteiger partial charge in [0.15, 0.2) is 5.78 Å². The molecular formula is C26H43NO3. The summed E-state index contributed by atoms with van der Waals surface area (Å²) < 4.78 is 0. The number of Topliss-reactive ketones (excluding diaryl/α,β-unsaturated/α-hetero) is 1. The molecule has 0 aliphatic carbocycles. The van der Waals surface area contributed by atoms with Crippen LogP contribution >= 0.6 is 0 Å². The smallest absolute Gasteiger partial charge is 0.223 e. The number of hydrogen-bond donors (Lipinski definition) is 1. The summed E-state index contributed by atoms with van der Waals surface area (Å²) in [6, 6.07) is 6.92. The van der Waals surface area contributed by atoms with Gasteiger partial charge in [-0.15, -0.1) is 0 Å². The second-order valence-corrected chi connectivity index (χ2v) is 8.40. The van der Waals surface area contributed by atoms with Gasteiger partial charge in [-0.3, -0.25) is 9.59 Å². The van der Waals surface area contributed by atoms with E-state index in [1.165, 1.54) is 77.0 Å². The van der Waals surface area contributed by atoms with E-state index in [1.54, 1.807) is 36.1 Å². The highest BCUT2D eigenvalue weighted by Gasteiger charge is 2.12. The highest BCUT2D eigenvalue weighted by atomic mass is 16.3. The Bertz CT molecular complexity index is 582. The van der Waals surface area contributed by atoms with Gasteiger partial charge in [0.2, 0.25) is 5.91 Å². The number of aliphatic hydroxyl groups is 1. The van der Waals surface area contributed by atoms with Gasteiger partial charge < -0.3 is 10.0 Å². The van der Waals surface area contributed by atoms with Crippen molar-refractivity contribution in [2.75, 3.05) is 18.1 Å². The van der Waals surface area contributed by atoms with Gasteiger partial charge in [-0.05, 0) is 30.7 Å². The zero-order valence-corrected chi connectivity index (χ0v) is 19.3. The summed E-state index contributed by atoms with van der Waals surface area (Å²) in [7, 11) is 0. The summed E-state index contributed by atoms with van der Waals surface area (Å²) in [4.78, 5) is 25.3. The molecule has 1 aromatic rings. The molecule has 4 heteroatoms. The number of carbonyl (C=O) groups is 2. The van der Waals surface area contributed by atoms with Crippen molar-refractivity contribution in [3.63, 3.8) is 0 Å². The molecule has 170 valence electrons. The number of amides is 1. The van der Waals surface area contributed by atoms with Gasteiger partial charge in [0.25, 0.3) is 0 Å². The van der Waals surface area contributed by atoms with E-state index >= 15 is 0 Å². The molecule has 0 unspecified atom stereocenters. The molecule has 0 atom stereocenters. The summed E-state index contributed by atoms with van der Waals surface area (Å²) in [5, 5.41) is 8.94. The molecule has 0 fully saturated rings. The number of unbranched alkanes of at least 4 members (excludes halogenated alkanes) is 13. The standard InChI is InChI=1S/C26H43NO3/c1-3-4-5-6-7-8-9-10-11-12-13-14-15-16-21-27(23(2)29)25-19-17-24(18-20-25)26(30)22-28/h17-20,28H,3-16,21-22H2,1-2H3. The third kappa shape index (κ3) is 11.5. The number of rotatable bonds is 18. The zero-order chi connectivity index (χ0) is 22.0. The van der Waals surface area contributed by atoms with Crippen molar-refractivity contribution >= 4 is 17.4 Å². The monoisotopic (exact) mass is 417 g/mol. The number of anilines is 1. The van der Waals surface area contributed by atoms with Crippen LogP contribution in [0.3, 0.4) is 0 Å². The van der Waals surface area contributed by atoms with E-state index in [2.05, 4.69) is 6.92 Å². The minimum Gasteiger partial charge on any atom is -0.388 e. The average Bonchev–Trinajstić information content (AvgIpc) is 2.76. The second kappa shape index (κ2) is 17.0. The first-order valence-electron chi connectivity index (χ1n) is 12.1. The Morgan fingerprint density at radius 1 is 0.733 bits per heavy atom. The predicted octanol–water partition coefficient (Wildman–Crippen LogP) is 6.70. The lowest BCUT2D eigenvalue weighted by Crippen LogP contribution is -2.29. The molecule has 0 radical (unpaired) electrons. The topological polar surface area (TPSA) is 57.6 Å². The maximum atomic E-state index is 12.0. The van der Waals surface area contributed by atoms with Crippen molar-refractivity contribution in [3.8, 4) is 0 Å². The zero-order valence-electron chi connectivity index (χ0n) is 19.3. The maximum absolute atomic E-state index is 12.0. The first kappa shape index (κ1) is 26.4. The first-order valence-corrected chi connectivity index (χ1v) is 12.1. The van der Waals surface area contributed by atoms with Crippen molar-refractivity contribution in [3.05, 3.63) is 29.8 Å². The lowest BCUT2D eigenvalue weighted by Gasteiger charge is -2.21. The fraction of sp³-hybridized carbons (Fsp3) is 0.692. The van der Waals surface area contributed by atoms with Gasteiger partial charge in [0.1, 0.15) is 6.61 Å². The molecular weight excluding hydrogens is 374 g/mol. The third-order valence-corrected chi connectivity index (χ3v) is 5.76. The van der Waals surface area contributed by atoms with Crippen LogP contribution in [-0.4, -0.2) is 29.9 Å². The van der Waals surface area contributed by atoms with E-state index in [-0.39, 0.29) is 11.7 Å². The fourth-order valence-corrected chi connectivity index (χ4v) is 3.85. The quantitative estimate of drug-likeness (QED) is 0.214. The van der Waals surface area contributed by atoms with Crippen LogP contribution in [0.25, 0.3) is 0 Å². The molecule has 1 rings (SSSR count). The van der Waals surface area contributed by atoms with Crippen LogP contribution < -0.4 is 4.90 Å². The van der Waals surface area contributed by atoms with E-state index in [9.17, 15) is 9.59 Å². The summed E-state index contributed by atoms with van der Waals surface area (Å²) in [5.74, 6) is -0.283. The van der Waals surface area contributed by atoms with E-state index < -0.39 is 6.61 Å². The molecule has 0 aliphatic heterocycles. The van der Waals surface area contributed by atoms with Crippen molar-refractivity contribution in [1.82, 2.24) is 0 Å². The molecule has 1 aromatic carbocycles. The van der Waals surface area contributed by atoms with Gasteiger partial charge in [-0.25, -0.2) is 0 Å². The van der Waals surface area contributed by atoms with Crippen molar-refractivity contribution in [2.45, 2.75) is 104 Å². The maximum Gasteiger partial charge on any atom is 0.223 e. The van der Waals surface area contributed by atoms with Gasteiger partial charge in [0.05, 0.1) is 0 Å². The molecule has 0 spiro atoms. The van der Waals surface area contributed by atoms with Gasteiger partial charge in [-0.2, -0.15) is 0 Å². The Morgan fingerprint density at radius 3 is 1.57 bits per heavy atom. The predicted molar refractivity (Wildman–Crippen MR) is 126 cm³/mol. The molecule has 4 nitrogen and oxygen atoms in total. The number of benzene rings is 1. The SMILES string of the molecule is CCCCCCCCCCCCCCCCN(C(C)=O)c1ccc(C(=O)CO)cc1. The Balaban J connectivity index is 2.11. The Morgan fingerprint density at radius 2 is 1.17 bits per heavy atom. The Kier molecular flexibility index (Phi) is 15.0. The normalized spacial score (nSPS) is 10.9. The third-order valence-electron chi connectivity index (χ3n) is 5.76. The minimum atomic E-state index is -0.491. The first-order chi connectivity index (χ1) is 14.6. The molecule has 0 heterocycles. The molecule has 1 amide bonds. The Hall–Kier alpha value is -1.68. The van der Waals surface area contributed by atoms with E-state index in [0.717, 1.165) is 18.5 Å². The van der Waals surface area contributed by atoms with Crippen LogP contribution in [0, 0.1) is 0 Å². The van der Waals surface area contributed by atoms with Gasteiger partial charge in [-0.1, -0.05) is 90.4 Å². The van der Waals surface area contributed by atoms with Crippen LogP contribution in [0.5, 0.6) is 0 Å². The largest absolute Gasteiger partial charge is 0.388 e. The average molecular weight is 418 g/mol. The fourth-order valence-electron chi connectivity index (χ4n) is 3.85. The summed E-state index contributed by atoms with van der Waals surface area (Å²) in [5.41, 5.74) is 1.29. The summed E-state index contributed by atoms with van der Waals surface area (Å²) >= 11 is 0. The molecule has 0 aliphatic rings. The summed E-state index contributed by atoms with van der Waals surface area (Å²) in [6.07, 6.45) is 18.5. The van der Waals surface area contributed by atoms with Gasteiger partial charge >= 0.3 is 0 Å². The molecule has 0 saturated carbocycles. The van der Waals surface area contributed by atoms with Crippen LogP contribution in [0.4, 0.5) is 5.69 Å². The number of nitrogens with zero attached hydrogens (tertiary/aromatic N) is 1. The molecule has 0 saturated heterocycles. The molecule has 0 bridgehead atoms.